The Hall–Kier alpha value is -1.95. The topological polar surface area (TPSA) is 67.1 Å². The lowest BCUT2D eigenvalue weighted by molar-refractivity contribution is 0.172. The number of nitrogens with one attached hydrogen (secondary N) is 1. The second-order valence-corrected chi connectivity index (χ2v) is 5.61. The lowest BCUT2D eigenvalue weighted by Gasteiger charge is -2.32. The summed E-state index contributed by atoms with van der Waals surface area (Å²) in [5, 5.41) is 11.0. The summed E-state index contributed by atoms with van der Waals surface area (Å²) in [5.74, 6) is 1.21. The minimum Gasteiger partial charge on any atom is -0.408 e. The average molecular weight is 287 g/mol. The number of aryl methyl sites for hydroxylation is 1. The third-order valence-electron chi connectivity index (χ3n) is 3.80. The Labute approximate surface area is 124 Å². The van der Waals surface area contributed by atoms with Crippen molar-refractivity contribution >= 4 is 6.01 Å². The van der Waals surface area contributed by atoms with Crippen LogP contribution in [-0.4, -0.2) is 39.7 Å². The summed E-state index contributed by atoms with van der Waals surface area (Å²) in [5.41, 5.74) is 1.28. The highest BCUT2D eigenvalue weighted by Gasteiger charge is 2.20. The molecule has 1 atom stereocenters. The number of aromatic nitrogens is 3. The second-order valence-electron chi connectivity index (χ2n) is 5.61. The quantitative estimate of drug-likeness (QED) is 0.908. The van der Waals surface area contributed by atoms with Gasteiger partial charge >= 0.3 is 6.01 Å². The van der Waals surface area contributed by atoms with Gasteiger partial charge < -0.3 is 9.73 Å². The number of nitrogens with zero attached hydrogens (tertiary/aromatic N) is 4. The molecule has 1 aliphatic rings. The van der Waals surface area contributed by atoms with Crippen LogP contribution in [0.5, 0.6) is 0 Å². The average Bonchev–Trinajstić information content (AvgIpc) is 2.92. The van der Waals surface area contributed by atoms with Crippen LogP contribution in [0.2, 0.25) is 0 Å². The monoisotopic (exact) mass is 287 g/mol. The van der Waals surface area contributed by atoms with Crippen LogP contribution in [0.4, 0.5) is 6.01 Å². The van der Waals surface area contributed by atoms with Crippen molar-refractivity contribution in [3.8, 4) is 0 Å². The molecular formula is C15H21N5O. The summed E-state index contributed by atoms with van der Waals surface area (Å²) >= 11 is 0. The summed E-state index contributed by atoms with van der Waals surface area (Å²) in [6.45, 7) is 5.91. The van der Waals surface area contributed by atoms with Crippen LogP contribution in [0.25, 0.3) is 0 Å². The fourth-order valence-electron chi connectivity index (χ4n) is 2.81. The molecule has 1 N–H and O–H groups in total. The van der Waals surface area contributed by atoms with Gasteiger partial charge in [0.25, 0.3) is 0 Å². The predicted molar refractivity (Wildman–Crippen MR) is 79.8 cm³/mol. The van der Waals surface area contributed by atoms with Crippen LogP contribution in [0.3, 0.4) is 0 Å². The van der Waals surface area contributed by atoms with Crippen molar-refractivity contribution in [2.45, 2.75) is 26.3 Å². The number of rotatable bonds is 5. The van der Waals surface area contributed by atoms with E-state index in [0.717, 1.165) is 26.2 Å². The first-order chi connectivity index (χ1) is 10.3. The maximum Gasteiger partial charge on any atom is 0.315 e. The molecule has 3 rings (SSSR count). The SMILES string of the molecule is Cc1nnc(NCC2CCCN(Cc3cccnc3)C2)o1. The molecule has 6 heteroatoms. The van der Waals surface area contributed by atoms with E-state index >= 15 is 0 Å². The molecule has 112 valence electrons. The lowest BCUT2D eigenvalue weighted by Crippen LogP contribution is -2.37. The summed E-state index contributed by atoms with van der Waals surface area (Å²) in [6.07, 6.45) is 6.24. The van der Waals surface area contributed by atoms with Crippen molar-refractivity contribution in [3.63, 3.8) is 0 Å². The molecule has 0 aromatic carbocycles. The van der Waals surface area contributed by atoms with Gasteiger partial charge in [-0.3, -0.25) is 9.88 Å². The van der Waals surface area contributed by atoms with Gasteiger partial charge in [-0.25, -0.2) is 0 Å². The van der Waals surface area contributed by atoms with Gasteiger partial charge in [0.2, 0.25) is 5.89 Å². The Bertz CT molecular complexity index is 556. The van der Waals surface area contributed by atoms with Gasteiger partial charge in [-0.15, -0.1) is 5.10 Å². The minimum absolute atomic E-state index is 0.525. The number of hydrogen-bond acceptors (Lipinski definition) is 6. The molecule has 1 unspecified atom stereocenters. The highest BCUT2D eigenvalue weighted by molar-refractivity contribution is 5.16. The fourth-order valence-corrected chi connectivity index (χ4v) is 2.81. The summed E-state index contributed by atoms with van der Waals surface area (Å²) in [4.78, 5) is 6.67. The van der Waals surface area contributed by atoms with Crippen molar-refractivity contribution in [2.24, 2.45) is 5.92 Å². The predicted octanol–water partition coefficient (Wildman–Crippen LogP) is 2.10. The largest absolute Gasteiger partial charge is 0.408 e. The van der Waals surface area contributed by atoms with E-state index in [2.05, 4.69) is 31.5 Å². The molecule has 0 saturated carbocycles. The second kappa shape index (κ2) is 6.67. The molecular weight excluding hydrogens is 266 g/mol. The summed E-state index contributed by atoms with van der Waals surface area (Å²) in [6, 6.07) is 4.66. The van der Waals surface area contributed by atoms with Crippen LogP contribution >= 0.6 is 0 Å². The standard InChI is InChI=1S/C15H21N5O/c1-12-18-19-15(21-12)17-9-14-5-3-7-20(11-14)10-13-4-2-6-16-8-13/h2,4,6,8,14H,3,5,7,9-11H2,1H3,(H,17,19). The van der Waals surface area contributed by atoms with Crippen LogP contribution in [-0.2, 0) is 6.54 Å². The molecule has 0 aliphatic carbocycles. The van der Waals surface area contributed by atoms with Gasteiger partial charge in [0.1, 0.15) is 0 Å². The number of piperidine rings is 1. The van der Waals surface area contributed by atoms with Gasteiger partial charge in [0, 0.05) is 39.0 Å². The lowest BCUT2D eigenvalue weighted by atomic mass is 9.97. The zero-order valence-corrected chi connectivity index (χ0v) is 12.3. The molecule has 21 heavy (non-hydrogen) atoms. The first-order valence-electron chi connectivity index (χ1n) is 7.45. The molecule has 0 radical (unpaired) electrons. The van der Waals surface area contributed by atoms with Gasteiger partial charge in [-0.2, -0.15) is 0 Å². The van der Waals surface area contributed by atoms with Gasteiger partial charge in [0.05, 0.1) is 0 Å². The maximum absolute atomic E-state index is 5.34. The highest BCUT2D eigenvalue weighted by atomic mass is 16.4. The normalized spacial score (nSPS) is 19.6. The first-order valence-corrected chi connectivity index (χ1v) is 7.45. The van der Waals surface area contributed by atoms with E-state index in [9.17, 15) is 0 Å². The van der Waals surface area contributed by atoms with Gasteiger partial charge in [-0.1, -0.05) is 11.2 Å². The van der Waals surface area contributed by atoms with E-state index in [1.807, 2.05) is 18.5 Å². The van der Waals surface area contributed by atoms with Crippen LogP contribution < -0.4 is 5.32 Å². The molecule has 1 aliphatic heterocycles. The maximum atomic E-state index is 5.34. The van der Waals surface area contributed by atoms with E-state index in [1.54, 1.807) is 6.92 Å². The molecule has 1 fully saturated rings. The number of anilines is 1. The Kier molecular flexibility index (Phi) is 4.45. The van der Waals surface area contributed by atoms with Crippen molar-refractivity contribution in [3.05, 3.63) is 36.0 Å². The van der Waals surface area contributed by atoms with E-state index in [-0.39, 0.29) is 0 Å². The van der Waals surface area contributed by atoms with E-state index in [1.165, 1.54) is 18.4 Å². The van der Waals surface area contributed by atoms with Crippen molar-refractivity contribution in [1.82, 2.24) is 20.1 Å². The van der Waals surface area contributed by atoms with Crippen molar-refractivity contribution in [1.29, 1.82) is 0 Å². The highest BCUT2D eigenvalue weighted by Crippen LogP contribution is 2.19. The minimum atomic E-state index is 0.525. The smallest absolute Gasteiger partial charge is 0.315 e. The first kappa shape index (κ1) is 14.0. The van der Waals surface area contributed by atoms with Crippen LogP contribution in [0, 0.1) is 12.8 Å². The molecule has 3 heterocycles. The Morgan fingerprint density at radius 2 is 2.38 bits per heavy atom. The number of hydrogen-bond donors (Lipinski definition) is 1. The molecule has 0 bridgehead atoms. The molecule has 2 aromatic heterocycles. The summed E-state index contributed by atoms with van der Waals surface area (Å²) < 4.78 is 5.34. The molecule has 2 aromatic rings. The Balaban J connectivity index is 1.49. The van der Waals surface area contributed by atoms with Gasteiger partial charge in [-0.05, 0) is 36.9 Å². The van der Waals surface area contributed by atoms with Crippen molar-refractivity contribution < 1.29 is 4.42 Å². The fraction of sp³-hybridized carbons (Fsp3) is 0.533. The number of likely N-dealkylation sites (tertiary alicyclic amines) is 1. The van der Waals surface area contributed by atoms with E-state index in [0.29, 0.717) is 17.8 Å². The molecule has 6 nitrogen and oxygen atoms in total. The zero-order valence-electron chi connectivity index (χ0n) is 12.3. The van der Waals surface area contributed by atoms with Crippen molar-refractivity contribution in [2.75, 3.05) is 25.0 Å². The Morgan fingerprint density at radius 3 is 3.14 bits per heavy atom. The molecule has 1 saturated heterocycles. The number of pyridine rings is 1. The Morgan fingerprint density at radius 1 is 1.43 bits per heavy atom. The van der Waals surface area contributed by atoms with E-state index in [4.69, 9.17) is 4.42 Å². The van der Waals surface area contributed by atoms with E-state index < -0.39 is 0 Å². The third-order valence-corrected chi connectivity index (χ3v) is 3.80. The summed E-state index contributed by atoms with van der Waals surface area (Å²) in [7, 11) is 0. The van der Waals surface area contributed by atoms with Gasteiger partial charge in [0.15, 0.2) is 0 Å². The zero-order chi connectivity index (χ0) is 14.5. The van der Waals surface area contributed by atoms with Crippen LogP contribution in [0.15, 0.2) is 28.9 Å². The third kappa shape index (κ3) is 4.01. The van der Waals surface area contributed by atoms with Crippen LogP contribution in [0.1, 0.15) is 24.3 Å². The molecule has 0 spiro atoms. The molecule has 0 amide bonds.